The number of halogens is 1. The molecule has 0 fully saturated rings. The average molecular weight is 293 g/mol. The van der Waals surface area contributed by atoms with Gasteiger partial charge in [-0.2, -0.15) is 0 Å². The number of hydrogen-bond acceptors (Lipinski definition) is 4. The Balaban J connectivity index is 3.00. The van der Waals surface area contributed by atoms with Gasteiger partial charge in [0.25, 0.3) is 5.91 Å². The molecule has 0 bridgehead atoms. The third-order valence-electron chi connectivity index (χ3n) is 2.06. The van der Waals surface area contributed by atoms with Crippen molar-refractivity contribution in [2.45, 2.75) is 4.90 Å². The molecule has 0 aromatic heterocycles. The average Bonchev–Trinajstić information content (AvgIpc) is 2.25. The summed E-state index contributed by atoms with van der Waals surface area (Å²) in [7, 11) is -0.831. The van der Waals surface area contributed by atoms with Gasteiger partial charge in [0.15, 0.2) is 6.61 Å². The van der Waals surface area contributed by atoms with Crippen molar-refractivity contribution in [2.75, 3.05) is 20.7 Å². The van der Waals surface area contributed by atoms with Crippen LogP contribution in [-0.2, 0) is 14.8 Å². The van der Waals surface area contributed by atoms with Crippen LogP contribution in [0.5, 0.6) is 5.75 Å². The first-order valence-electron chi connectivity index (χ1n) is 4.87. The Morgan fingerprint density at radius 2 is 2.06 bits per heavy atom. The number of benzene rings is 1. The molecule has 8 heteroatoms. The van der Waals surface area contributed by atoms with Crippen molar-refractivity contribution in [2.24, 2.45) is 5.14 Å². The van der Waals surface area contributed by atoms with Crippen LogP contribution in [0, 0.1) is 0 Å². The number of hydrogen-bond donors (Lipinski definition) is 1. The summed E-state index contributed by atoms with van der Waals surface area (Å²) in [6.07, 6.45) is 0. The van der Waals surface area contributed by atoms with Crippen LogP contribution < -0.4 is 9.88 Å². The number of amides is 1. The molecule has 0 aliphatic rings. The van der Waals surface area contributed by atoms with Crippen LogP contribution in [0.3, 0.4) is 0 Å². The van der Waals surface area contributed by atoms with Gasteiger partial charge in [0.1, 0.15) is 10.6 Å². The molecule has 0 atom stereocenters. The molecule has 0 aliphatic heterocycles. The van der Waals surface area contributed by atoms with Crippen LogP contribution in [0.2, 0.25) is 5.02 Å². The molecule has 18 heavy (non-hydrogen) atoms. The van der Waals surface area contributed by atoms with Gasteiger partial charge >= 0.3 is 0 Å². The van der Waals surface area contributed by atoms with Crippen molar-refractivity contribution >= 4 is 27.5 Å². The van der Waals surface area contributed by atoms with Crippen molar-refractivity contribution in [1.29, 1.82) is 0 Å². The fourth-order valence-corrected chi connectivity index (χ4v) is 2.03. The van der Waals surface area contributed by atoms with Crippen LogP contribution in [-0.4, -0.2) is 39.9 Å². The lowest BCUT2D eigenvalue weighted by Gasteiger charge is -2.13. The predicted molar refractivity (Wildman–Crippen MR) is 67.0 cm³/mol. The second-order valence-corrected chi connectivity index (χ2v) is 5.68. The van der Waals surface area contributed by atoms with Crippen LogP contribution in [0.1, 0.15) is 0 Å². The van der Waals surface area contributed by atoms with Crippen LogP contribution in [0.4, 0.5) is 0 Å². The topological polar surface area (TPSA) is 89.7 Å². The van der Waals surface area contributed by atoms with E-state index in [0.29, 0.717) is 0 Å². The summed E-state index contributed by atoms with van der Waals surface area (Å²) in [5.74, 6) is -0.303. The number of rotatable bonds is 4. The van der Waals surface area contributed by atoms with Crippen LogP contribution >= 0.6 is 11.6 Å². The van der Waals surface area contributed by atoms with Gasteiger partial charge in [0.05, 0.1) is 0 Å². The largest absolute Gasteiger partial charge is 0.482 e. The number of nitrogens with zero attached hydrogens (tertiary/aromatic N) is 1. The fraction of sp³-hybridized carbons (Fsp3) is 0.300. The Hall–Kier alpha value is -1.31. The molecule has 6 nitrogen and oxygen atoms in total. The Bertz CT molecular complexity index is 557. The van der Waals surface area contributed by atoms with Crippen molar-refractivity contribution in [1.82, 2.24) is 4.90 Å². The normalized spacial score (nSPS) is 11.1. The summed E-state index contributed by atoms with van der Waals surface area (Å²) in [6, 6.07) is 3.98. The number of sulfonamides is 1. The van der Waals surface area contributed by atoms with E-state index in [1.807, 2.05) is 0 Å². The van der Waals surface area contributed by atoms with Gasteiger partial charge in [-0.25, -0.2) is 13.6 Å². The minimum atomic E-state index is -3.96. The Labute approximate surface area is 110 Å². The van der Waals surface area contributed by atoms with Gasteiger partial charge < -0.3 is 9.64 Å². The zero-order chi connectivity index (χ0) is 13.9. The third kappa shape index (κ3) is 3.86. The molecule has 0 saturated carbocycles. The van der Waals surface area contributed by atoms with Crippen molar-refractivity contribution in [3.05, 3.63) is 23.2 Å². The zero-order valence-corrected chi connectivity index (χ0v) is 11.5. The lowest BCUT2D eigenvalue weighted by Crippen LogP contribution is -2.28. The van der Waals surface area contributed by atoms with E-state index in [4.69, 9.17) is 21.5 Å². The highest BCUT2D eigenvalue weighted by Crippen LogP contribution is 2.26. The van der Waals surface area contributed by atoms with E-state index in [2.05, 4.69) is 0 Å². The monoisotopic (exact) mass is 292 g/mol. The quantitative estimate of drug-likeness (QED) is 0.873. The van der Waals surface area contributed by atoms with Crippen LogP contribution in [0.25, 0.3) is 0 Å². The Kier molecular flexibility index (Phi) is 4.55. The van der Waals surface area contributed by atoms with E-state index >= 15 is 0 Å². The lowest BCUT2D eigenvalue weighted by atomic mass is 10.3. The number of carbonyl (C=O) groups excluding carboxylic acids is 1. The van der Waals surface area contributed by atoms with Crippen molar-refractivity contribution in [3.63, 3.8) is 0 Å². The molecule has 1 amide bonds. The maximum absolute atomic E-state index is 11.3. The summed E-state index contributed by atoms with van der Waals surface area (Å²) < 4.78 is 27.8. The lowest BCUT2D eigenvalue weighted by molar-refractivity contribution is -0.130. The van der Waals surface area contributed by atoms with Gasteiger partial charge in [-0.3, -0.25) is 4.79 Å². The van der Waals surface area contributed by atoms with Gasteiger partial charge in [0, 0.05) is 19.1 Å². The summed E-state index contributed by atoms with van der Waals surface area (Å²) >= 11 is 5.69. The van der Waals surface area contributed by atoms with E-state index < -0.39 is 10.0 Å². The van der Waals surface area contributed by atoms with E-state index in [0.717, 1.165) is 0 Å². The summed E-state index contributed by atoms with van der Waals surface area (Å²) in [6.45, 7) is -0.281. The molecule has 0 spiro atoms. The van der Waals surface area contributed by atoms with Gasteiger partial charge in [-0.05, 0) is 18.2 Å². The Morgan fingerprint density at radius 1 is 1.44 bits per heavy atom. The first-order valence-corrected chi connectivity index (χ1v) is 6.79. The zero-order valence-electron chi connectivity index (χ0n) is 9.88. The second-order valence-electron chi connectivity index (χ2n) is 3.71. The van der Waals surface area contributed by atoms with Gasteiger partial charge in [0.2, 0.25) is 10.0 Å². The third-order valence-corrected chi connectivity index (χ3v) is 3.23. The standard InChI is InChI=1S/C10H13ClN2O4S/c1-13(2)10(14)6-17-8-4-3-7(11)5-9(8)18(12,15)16/h3-5H,6H2,1-2H3,(H2,12,15,16). The Morgan fingerprint density at radius 3 is 2.56 bits per heavy atom. The van der Waals surface area contributed by atoms with E-state index in [9.17, 15) is 13.2 Å². The molecule has 0 saturated heterocycles. The van der Waals surface area contributed by atoms with E-state index in [-0.39, 0.29) is 28.2 Å². The first kappa shape index (κ1) is 14.7. The smallest absolute Gasteiger partial charge is 0.259 e. The number of nitrogens with two attached hydrogens (primary N) is 1. The molecule has 0 unspecified atom stereocenters. The molecule has 100 valence electrons. The van der Waals surface area contributed by atoms with Crippen molar-refractivity contribution in [3.8, 4) is 5.75 Å². The summed E-state index contributed by atoms with van der Waals surface area (Å²) in [5.41, 5.74) is 0. The summed E-state index contributed by atoms with van der Waals surface area (Å²) in [4.78, 5) is 12.4. The first-order chi connectivity index (χ1) is 8.21. The predicted octanol–water partition coefficient (Wildman–Crippen LogP) is 0.454. The van der Waals surface area contributed by atoms with Gasteiger partial charge in [-0.1, -0.05) is 11.6 Å². The van der Waals surface area contributed by atoms with Crippen molar-refractivity contribution < 1.29 is 17.9 Å². The van der Waals surface area contributed by atoms with Gasteiger partial charge in [-0.15, -0.1) is 0 Å². The number of primary sulfonamides is 1. The maximum Gasteiger partial charge on any atom is 0.259 e. The second kappa shape index (κ2) is 5.55. The molecule has 1 aromatic carbocycles. The molecular weight excluding hydrogens is 280 g/mol. The van der Waals surface area contributed by atoms with E-state index in [1.54, 1.807) is 14.1 Å². The molecular formula is C10H13ClN2O4S. The minimum absolute atomic E-state index is 0.00269. The van der Waals surface area contributed by atoms with Crippen LogP contribution in [0.15, 0.2) is 23.1 Å². The summed E-state index contributed by atoms with van der Waals surface area (Å²) in [5, 5.41) is 5.24. The highest BCUT2D eigenvalue weighted by molar-refractivity contribution is 7.89. The number of carbonyl (C=O) groups is 1. The SMILES string of the molecule is CN(C)C(=O)COc1ccc(Cl)cc1S(N)(=O)=O. The number of ether oxygens (including phenoxy) is 1. The minimum Gasteiger partial charge on any atom is -0.482 e. The molecule has 0 heterocycles. The molecule has 0 radical (unpaired) electrons. The number of likely N-dealkylation sites (N-methyl/N-ethyl adjacent to an activating group) is 1. The maximum atomic E-state index is 11.3. The van der Waals surface area contributed by atoms with E-state index in [1.165, 1.54) is 23.1 Å². The molecule has 1 aromatic rings. The highest BCUT2D eigenvalue weighted by Gasteiger charge is 2.17. The molecule has 1 rings (SSSR count). The highest BCUT2D eigenvalue weighted by atomic mass is 35.5. The fourth-order valence-electron chi connectivity index (χ4n) is 1.09. The molecule has 2 N–H and O–H groups in total. The molecule has 0 aliphatic carbocycles.